The normalized spacial score (nSPS) is 14.5. The van der Waals surface area contributed by atoms with Gasteiger partial charge in [0.25, 0.3) is 7.82 Å². The van der Waals surface area contributed by atoms with Crippen LogP contribution < -0.4 is 4.89 Å². The quantitative estimate of drug-likeness (QED) is 0.0195. The van der Waals surface area contributed by atoms with Crippen LogP contribution in [0.15, 0.2) is 158 Å². The average molecular weight is 1040 g/mol. The molecular formula is C64H102NO8P. The number of rotatable bonds is 49. The van der Waals surface area contributed by atoms with E-state index >= 15 is 0 Å². The van der Waals surface area contributed by atoms with Gasteiger partial charge in [0.15, 0.2) is 6.10 Å². The van der Waals surface area contributed by atoms with Crippen molar-refractivity contribution in [2.75, 3.05) is 47.5 Å². The fourth-order valence-electron chi connectivity index (χ4n) is 6.75. The van der Waals surface area contributed by atoms with Crippen molar-refractivity contribution in [3.63, 3.8) is 0 Å². The molecule has 416 valence electrons. The minimum absolute atomic E-state index is 0.0487. The Labute approximate surface area is 452 Å². The van der Waals surface area contributed by atoms with Gasteiger partial charge in [0.2, 0.25) is 0 Å². The van der Waals surface area contributed by atoms with Crippen molar-refractivity contribution in [1.82, 2.24) is 0 Å². The van der Waals surface area contributed by atoms with Crippen molar-refractivity contribution in [3.8, 4) is 0 Å². The molecule has 0 saturated carbocycles. The van der Waals surface area contributed by atoms with Crippen LogP contribution in [-0.2, 0) is 32.7 Å². The van der Waals surface area contributed by atoms with Crippen LogP contribution in [0, 0.1) is 0 Å². The number of quaternary nitrogens is 1. The second-order valence-corrected chi connectivity index (χ2v) is 20.6. The molecule has 0 amide bonds. The lowest BCUT2D eigenvalue weighted by Crippen LogP contribution is -2.37. The van der Waals surface area contributed by atoms with Crippen LogP contribution in [0.25, 0.3) is 0 Å². The van der Waals surface area contributed by atoms with Gasteiger partial charge in [0, 0.05) is 12.8 Å². The van der Waals surface area contributed by atoms with Gasteiger partial charge in [-0.3, -0.25) is 14.2 Å². The highest BCUT2D eigenvalue weighted by Gasteiger charge is 2.21. The smallest absolute Gasteiger partial charge is 0.306 e. The summed E-state index contributed by atoms with van der Waals surface area (Å²) in [7, 11) is 1.11. The maximum atomic E-state index is 12.8. The number of hydrogen-bond acceptors (Lipinski definition) is 8. The summed E-state index contributed by atoms with van der Waals surface area (Å²) in [6.45, 7) is 3.92. The summed E-state index contributed by atoms with van der Waals surface area (Å²) in [5.41, 5.74) is 0. The van der Waals surface area contributed by atoms with Gasteiger partial charge in [-0.05, 0) is 122 Å². The standard InChI is InChI=1S/C64H102NO8P/c1-6-8-10-12-14-16-18-20-22-23-24-25-26-27-28-29-30-31-32-33-34-35-36-37-38-39-40-41-43-45-47-49-51-53-55-57-64(67)73-62(61-72-74(68,69)71-59-58-65(3,4)5)60-70-63(66)56-54-52-50-48-46-44-42-21-19-17-15-13-11-9-7-2/h8-11,14-17,20-22,24-25,27-28,30-31,33-34,36-37,39-40,42-43,45,62H,6-7,12-13,18-19,23,26,29,32,35,38,41,44,46-61H2,1-5H3/b10-8-,11-9-,16-14-,17-15-,22-20-,25-24-,28-27-,31-30-,34-33-,37-36-,40-39-,42-21-,45-43-. The molecule has 0 fully saturated rings. The average Bonchev–Trinajstić information content (AvgIpc) is 3.36. The number of carbonyl (C=O) groups excluding carboxylic acids is 2. The van der Waals surface area contributed by atoms with Crippen LogP contribution >= 0.6 is 7.82 Å². The second-order valence-electron chi connectivity index (χ2n) is 19.2. The maximum Gasteiger partial charge on any atom is 0.306 e. The zero-order valence-corrected chi connectivity index (χ0v) is 47.9. The molecule has 74 heavy (non-hydrogen) atoms. The molecule has 2 atom stereocenters. The highest BCUT2D eigenvalue weighted by molar-refractivity contribution is 7.45. The van der Waals surface area contributed by atoms with Crippen LogP contribution in [0.3, 0.4) is 0 Å². The Balaban J connectivity index is 4.27. The highest BCUT2D eigenvalue weighted by atomic mass is 31.2. The van der Waals surface area contributed by atoms with E-state index in [2.05, 4.69) is 172 Å². The third kappa shape index (κ3) is 56.9. The lowest BCUT2D eigenvalue weighted by molar-refractivity contribution is -0.870. The Kier molecular flexibility index (Phi) is 50.3. The maximum absolute atomic E-state index is 12.8. The molecule has 0 aromatic carbocycles. The van der Waals surface area contributed by atoms with Crippen LogP contribution in [-0.4, -0.2) is 70.0 Å². The monoisotopic (exact) mass is 1040 g/mol. The lowest BCUT2D eigenvalue weighted by Gasteiger charge is -2.28. The molecular weight excluding hydrogens is 942 g/mol. The Morgan fingerprint density at radius 1 is 0.419 bits per heavy atom. The number of nitrogens with zero attached hydrogens (tertiary/aromatic N) is 1. The van der Waals surface area contributed by atoms with E-state index in [1.807, 2.05) is 21.1 Å². The number of phosphoric ester groups is 1. The molecule has 0 aliphatic rings. The fourth-order valence-corrected chi connectivity index (χ4v) is 7.48. The highest BCUT2D eigenvalue weighted by Crippen LogP contribution is 2.38. The second kappa shape index (κ2) is 53.5. The molecule has 0 aromatic heterocycles. The van der Waals surface area contributed by atoms with E-state index in [9.17, 15) is 19.0 Å². The van der Waals surface area contributed by atoms with E-state index in [-0.39, 0.29) is 26.1 Å². The van der Waals surface area contributed by atoms with Gasteiger partial charge in [0.1, 0.15) is 19.8 Å². The van der Waals surface area contributed by atoms with E-state index in [4.69, 9.17) is 18.5 Å². The van der Waals surface area contributed by atoms with Gasteiger partial charge in [-0.1, -0.05) is 204 Å². The Hall–Kier alpha value is -4.37. The SMILES string of the molecule is CC/C=C\C/C=C\C/C=C\C/C=C\C/C=C\C/C=C\C/C=C\C/C=C\C/C=C\C/C=C\CCCCCCC(=O)OC(COC(=O)CCCCCCC/C=C\C/C=C\C/C=C\CC)COP(=O)([O-])OCC[N+](C)(C)C. The van der Waals surface area contributed by atoms with Crippen LogP contribution in [0.5, 0.6) is 0 Å². The summed E-state index contributed by atoms with van der Waals surface area (Å²) in [5.74, 6) is -0.899. The molecule has 0 spiro atoms. The largest absolute Gasteiger partial charge is 0.756 e. The van der Waals surface area contributed by atoms with Crippen LogP contribution in [0.2, 0.25) is 0 Å². The molecule has 0 aliphatic heterocycles. The molecule has 0 radical (unpaired) electrons. The van der Waals surface area contributed by atoms with Crippen LogP contribution in [0.4, 0.5) is 0 Å². The van der Waals surface area contributed by atoms with E-state index in [1.165, 1.54) is 0 Å². The molecule has 0 aromatic rings. The number of carbonyl (C=O) groups is 2. The van der Waals surface area contributed by atoms with Gasteiger partial charge in [-0.15, -0.1) is 0 Å². The number of allylic oxidation sites excluding steroid dienone is 26. The third-order valence-corrected chi connectivity index (χ3v) is 12.0. The molecule has 0 heterocycles. The molecule has 0 N–H and O–H groups in total. The van der Waals surface area contributed by atoms with Gasteiger partial charge in [-0.25, -0.2) is 0 Å². The molecule has 0 aliphatic carbocycles. The number of ether oxygens (including phenoxy) is 2. The summed E-state index contributed by atoms with van der Waals surface area (Å²) in [4.78, 5) is 37.8. The summed E-state index contributed by atoms with van der Waals surface area (Å²) >= 11 is 0. The van der Waals surface area contributed by atoms with Crippen molar-refractivity contribution in [1.29, 1.82) is 0 Å². The molecule has 2 unspecified atom stereocenters. The minimum atomic E-state index is -4.66. The van der Waals surface area contributed by atoms with Crippen molar-refractivity contribution in [3.05, 3.63) is 158 Å². The topological polar surface area (TPSA) is 111 Å². The first-order valence-electron chi connectivity index (χ1n) is 28.2. The molecule has 10 heteroatoms. The number of esters is 2. The van der Waals surface area contributed by atoms with Crippen molar-refractivity contribution < 1.29 is 42.1 Å². The van der Waals surface area contributed by atoms with E-state index in [0.717, 1.165) is 141 Å². The Bertz CT molecular complexity index is 1800. The van der Waals surface area contributed by atoms with E-state index in [0.29, 0.717) is 23.9 Å². The first-order chi connectivity index (χ1) is 36.0. The number of likely N-dealkylation sites (N-methyl/N-ethyl adjacent to an activating group) is 1. The first-order valence-corrected chi connectivity index (χ1v) is 29.7. The Morgan fingerprint density at radius 2 is 0.730 bits per heavy atom. The summed E-state index contributed by atoms with van der Waals surface area (Å²) in [5, 5.41) is 0. The van der Waals surface area contributed by atoms with Crippen LogP contribution in [0.1, 0.15) is 181 Å². The Morgan fingerprint density at radius 3 is 1.08 bits per heavy atom. The predicted molar refractivity (Wildman–Crippen MR) is 313 cm³/mol. The molecule has 9 nitrogen and oxygen atoms in total. The van der Waals surface area contributed by atoms with E-state index < -0.39 is 32.5 Å². The zero-order valence-electron chi connectivity index (χ0n) is 47.0. The van der Waals surface area contributed by atoms with E-state index in [1.54, 1.807) is 0 Å². The van der Waals surface area contributed by atoms with Crippen molar-refractivity contribution in [2.24, 2.45) is 0 Å². The van der Waals surface area contributed by atoms with Gasteiger partial charge >= 0.3 is 11.9 Å². The lowest BCUT2D eigenvalue weighted by atomic mass is 10.1. The molecule has 0 saturated heterocycles. The molecule has 0 bridgehead atoms. The predicted octanol–water partition coefficient (Wildman–Crippen LogP) is 17.1. The van der Waals surface area contributed by atoms with Crippen molar-refractivity contribution >= 4 is 19.8 Å². The first kappa shape index (κ1) is 69.6. The van der Waals surface area contributed by atoms with Crippen molar-refractivity contribution in [2.45, 2.75) is 187 Å². The summed E-state index contributed by atoms with van der Waals surface area (Å²) in [6.07, 6.45) is 80.1. The number of unbranched alkanes of at least 4 members (excludes halogenated alkanes) is 9. The molecule has 0 rings (SSSR count). The summed E-state index contributed by atoms with van der Waals surface area (Å²) < 4.78 is 34.0. The number of phosphoric acid groups is 1. The third-order valence-electron chi connectivity index (χ3n) is 11.0. The van der Waals surface area contributed by atoms with Gasteiger partial charge in [-0.2, -0.15) is 0 Å². The van der Waals surface area contributed by atoms with Gasteiger partial charge < -0.3 is 27.9 Å². The zero-order chi connectivity index (χ0) is 54.2. The minimum Gasteiger partial charge on any atom is -0.756 e. The fraction of sp³-hybridized carbons (Fsp3) is 0.562. The number of hydrogen-bond donors (Lipinski definition) is 0. The summed E-state index contributed by atoms with van der Waals surface area (Å²) in [6, 6.07) is 0. The van der Waals surface area contributed by atoms with Gasteiger partial charge in [0.05, 0.1) is 27.7 Å².